The minimum atomic E-state index is -0.160. The van der Waals surface area contributed by atoms with Crippen molar-refractivity contribution >= 4 is 33.8 Å². The van der Waals surface area contributed by atoms with E-state index in [9.17, 15) is 9.59 Å². The van der Waals surface area contributed by atoms with Crippen molar-refractivity contribution in [2.45, 2.75) is 26.8 Å². The molecule has 0 saturated carbocycles. The first kappa shape index (κ1) is 16.7. The largest absolute Gasteiger partial charge is 0.322 e. The summed E-state index contributed by atoms with van der Waals surface area (Å²) in [6.07, 6.45) is 0.830. The number of amides is 2. The number of carbonyl (C=O) groups is 2. The lowest BCUT2D eigenvalue weighted by Crippen LogP contribution is -2.30. The fourth-order valence-corrected chi connectivity index (χ4v) is 4.26. The van der Waals surface area contributed by atoms with Gasteiger partial charge in [-0.15, -0.1) is 11.3 Å². The van der Waals surface area contributed by atoms with Gasteiger partial charge in [-0.1, -0.05) is 25.1 Å². The van der Waals surface area contributed by atoms with Crippen LogP contribution in [0.25, 0.3) is 0 Å². The van der Waals surface area contributed by atoms with E-state index < -0.39 is 0 Å². The van der Waals surface area contributed by atoms with Crippen molar-refractivity contribution in [3.63, 3.8) is 0 Å². The van der Waals surface area contributed by atoms with E-state index in [2.05, 4.69) is 22.5 Å². The molecule has 1 aliphatic rings. The summed E-state index contributed by atoms with van der Waals surface area (Å²) in [7, 11) is 0. The van der Waals surface area contributed by atoms with Gasteiger partial charge in [0.15, 0.2) is 0 Å². The normalized spacial score (nSPS) is 14.1. The number of carbonyl (C=O) groups excluding carboxylic acids is 2. The van der Waals surface area contributed by atoms with Crippen molar-refractivity contribution in [2.75, 3.05) is 23.7 Å². The molecular formula is C18H21N3O2S. The highest BCUT2D eigenvalue weighted by molar-refractivity contribution is 7.17. The van der Waals surface area contributed by atoms with Gasteiger partial charge in [0.05, 0.1) is 5.56 Å². The Balaban J connectivity index is 1.94. The van der Waals surface area contributed by atoms with Gasteiger partial charge in [-0.25, -0.2) is 0 Å². The number of fused-ring (bicyclic) bond motifs is 1. The SMILES string of the molecule is CCN1CCc2c(sc(NC(C)=O)c2C(=O)Nc2ccccc2)C1. The molecule has 5 nitrogen and oxygen atoms in total. The second-order valence-electron chi connectivity index (χ2n) is 5.83. The second kappa shape index (κ2) is 7.15. The molecule has 0 bridgehead atoms. The van der Waals surface area contributed by atoms with Crippen LogP contribution in [0.2, 0.25) is 0 Å². The predicted molar refractivity (Wildman–Crippen MR) is 97.7 cm³/mol. The standard InChI is InChI=1S/C18H21N3O2S/c1-3-21-10-9-14-15(11-21)24-18(19-12(2)22)16(14)17(23)20-13-7-5-4-6-8-13/h4-8H,3,9-11H2,1-2H3,(H,19,22)(H,20,23). The summed E-state index contributed by atoms with van der Waals surface area (Å²) >= 11 is 1.51. The smallest absolute Gasteiger partial charge is 0.258 e. The highest BCUT2D eigenvalue weighted by Crippen LogP contribution is 2.37. The number of thiophene rings is 1. The van der Waals surface area contributed by atoms with Crippen LogP contribution in [-0.4, -0.2) is 29.8 Å². The zero-order chi connectivity index (χ0) is 17.1. The molecule has 126 valence electrons. The van der Waals surface area contributed by atoms with E-state index in [-0.39, 0.29) is 11.8 Å². The maximum atomic E-state index is 12.8. The van der Waals surface area contributed by atoms with Crippen molar-refractivity contribution in [1.29, 1.82) is 0 Å². The number of hydrogen-bond donors (Lipinski definition) is 2. The van der Waals surface area contributed by atoms with Gasteiger partial charge in [0.25, 0.3) is 5.91 Å². The van der Waals surface area contributed by atoms with Crippen LogP contribution in [0.3, 0.4) is 0 Å². The van der Waals surface area contributed by atoms with Crippen molar-refractivity contribution in [3.05, 3.63) is 46.3 Å². The number of hydrogen-bond acceptors (Lipinski definition) is 4. The van der Waals surface area contributed by atoms with Crippen LogP contribution in [0.15, 0.2) is 30.3 Å². The van der Waals surface area contributed by atoms with E-state index in [0.29, 0.717) is 10.6 Å². The van der Waals surface area contributed by atoms with Crippen LogP contribution in [0.5, 0.6) is 0 Å². The molecule has 3 rings (SSSR count). The average Bonchev–Trinajstić information content (AvgIpc) is 2.91. The van der Waals surface area contributed by atoms with Gasteiger partial charge in [0.2, 0.25) is 5.91 Å². The maximum Gasteiger partial charge on any atom is 0.258 e. The van der Waals surface area contributed by atoms with Gasteiger partial charge in [0, 0.05) is 30.6 Å². The third-order valence-electron chi connectivity index (χ3n) is 4.13. The Morgan fingerprint density at radius 2 is 1.96 bits per heavy atom. The van der Waals surface area contributed by atoms with E-state index in [4.69, 9.17) is 0 Å². The predicted octanol–water partition coefficient (Wildman–Crippen LogP) is 3.34. The summed E-state index contributed by atoms with van der Waals surface area (Å²) in [6.45, 7) is 6.36. The number of nitrogens with one attached hydrogen (secondary N) is 2. The average molecular weight is 343 g/mol. The Morgan fingerprint density at radius 3 is 2.62 bits per heavy atom. The molecule has 0 fully saturated rings. The fraction of sp³-hybridized carbons (Fsp3) is 0.333. The van der Waals surface area contributed by atoms with Crippen LogP contribution in [0, 0.1) is 0 Å². The van der Waals surface area contributed by atoms with Crippen molar-refractivity contribution < 1.29 is 9.59 Å². The first-order chi connectivity index (χ1) is 11.6. The van der Waals surface area contributed by atoms with Crippen LogP contribution in [-0.2, 0) is 17.8 Å². The van der Waals surface area contributed by atoms with Gasteiger partial charge < -0.3 is 10.6 Å². The molecule has 2 amide bonds. The van der Waals surface area contributed by atoms with Gasteiger partial charge >= 0.3 is 0 Å². The number of rotatable bonds is 4. The van der Waals surface area contributed by atoms with E-state index in [1.807, 2.05) is 30.3 Å². The minimum absolute atomic E-state index is 0.158. The molecule has 1 aromatic heterocycles. The highest BCUT2D eigenvalue weighted by atomic mass is 32.1. The van der Waals surface area contributed by atoms with Crippen molar-refractivity contribution in [1.82, 2.24) is 4.90 Å². The van der Waals surface area contributed by atoms with Crippen molar-refractivity contribution in [2.24, 2.45) is 0 Å². The third-order valence-corrected chi connectivity index (χ3v) is 5.26. The monoisotopic (exact) mass is 343 g/mol. The minimum Gasteiger partial charge on any atom is -0.322 e. The summed E-state index contributed by atoms with van der Waals surface area (Å²) in [5.74, 6) is -0.317. The van der Waals surface area contributed by atoms with Gasteiger partial charge in [-0.2, -0.15) is 0 Å². The molecule has 6 heteroatoms. The first-order valence-corrected chi connectivity index (χ1v) is 8.91. The lowest BCUT2D eigenvalue weighted by molar-refractivity contribution is -0.114. The quantitative estimate of drug-likeness (QED) is 0.895. The van der Waals surface area contributed by atoms with Gasteiger partial charge in [0.1, 0.15) is 5.00 Å². The maximum absolute atomic E-state index is 12.8. The Labute approximate surface area is 145 Å². The number of anilines is 2. The van der Waals surface area contributed by atoms with E-state index >= 15 is 0 Å². The summed E-state index contributed by atoms with van der Waals surface area (Å²) in [5.41, 5.74) is 2.44. The zero-order valence-electron chi connectivity index (χ0n) is 13.9. The topological polar surface area (TPSA) is 61.4 Å². The zero-order valence-corrected chi connectivity index (χ0v) is 14.7. The highest BCUT2D eigenvalue weighted by Gasteiger charge is 2.28. The lowest BCUT2D eigenvalue weighted by atomic mass is 10.0. The molecule has 0 aliphatic carbocycles. The Morgan fingerprint density at radius 1 is 1.21 bits per heavy atom. The van der Waals surface area contributed by atoms with Crippen LogP contribution < -0.4 is 10.6 Å². The number of benzene rings is 1. The summed E-state index contributed by atoms with van der Waals surface area (Å²) in [5, 5.41) is 6.42. The molecule has 0 radical (unpaired) electrons. The van der Waals surface area contributed by atoms with Crippen LogP contribution in [0.1, 0.15) is 34.6 Å². The molecule has 1 aromatic carbocycles. The molecule has 2 aromatic rings. The summed E-state index contributed by atoms with van der Waals surface area (Å²) in [6, 6.07) is 9.38. The lowest BCUT2D eigenvalue weighted by Gasteiger charge is -2.25. The molecule has 1 aliphatic heterocycles. The summed E-state index contributed by atoms with van der Waals surface area (Å²) < 4.78 is 0. The summed E-state index contributed by atoms with van der Waals surface area (Å²) in [4.78, 5) is 27.9. The molecule has 24 heavy (non-hydrogen) atoms. The fourth-order valence-electron chi connectivity index (χ4n) is 2.93. The Hall–Kier alpha value is -2.18. The van der Waals surface area contributed by atoms with E-state index in [1.54, 1.807) is 0 Å². The van der Waals surface area contributed by atoms with Crippen LogP contribution in [0.4, 0.5) is 10.7 Å². The first-order valence-electron chi connectivity index (χ1n) is 8.09. The van der Waals surface area contributed by atoms with E-state index in [0.717, 1.165) is 37.3 Å². The molecular weight excluding hydrogens is 322 g/mol. The van der Waals surface area contributed by atoms with Gasteiger partial charge in [-0.05, 0) is 30.7 Å². The Bertz CT molecular complexity index is 755. The molecule has 2 N–H and O–H groups in total. The molecule has 0 saturated heterocycles. The molecule has 0 unspecified atom stereocenters. The molecule has 2 heterocycles. The Kier molecular flexibility index (Phi) is 4.97. The van der Waals surface area contributed by atoms with Crippen LogP contribution >= 0.6 is 11.3 Å². The molecule has 0 atom stereocenters. The van der Waals surface area contributed by atoms with Gasteiger partial charge in [-0.3, -0.25) is 14.5 Å². The number of likely N-dealkylation sites (N-methyl/N-ethyl adjacent to an activating group) is 1. The third kappa shape index (κ3) is 3.49. The van der Waals surface area contributed by atoms with E-state index in [1.165, 1.54) is 23.1 Å². The number of nitrogens with zero attached hydrogens (tertiary/aromatic N) is 1. The number of para-hydroxylation sites is 1. The van der Waals surface area contributed by atoms with Crippen molar-refractivity contribution in [3.8, 4) is 0 Å². The molecule has 0 spiro atoms. The second-order valence-corrected chi connectivity index (χ2v) is 6.93.